The van der Waals surface area contributed by atoms with Crippen LogP contribution in [0.15, 0.2) is 121 Å². The first-order chi connectivity index (χ1) is 16.3. The monoisotopic (exact) mass is 423 g/mol. The van der Waals surface area contributed by atoms with Gasteiger partial charge in [-0.15, -0.1) is 0 Å². The van der Waals surface area contributed by atoms with Gasteiger partial charge in [-0.1, -0.05) is 91.9 Å². The van der Waals surface area contributed by atoms with Crippen LogP contribution in [0.2, 0.25) is 0 Å². The van der Waals surface area contributed by atoms with Crippen LogP contribution in [0.4, 0.5) is 0 Å². The van der Waals surface area contributed by atoms with E-state index in [1.165, 1.54) is 55.3 Å². The molecule has 0 unspecified atom stereocenters. The Balaban J connectivity index is 1.50. The number of fused-ring (bicyclic) bond motifs is 3. The maximum absolute atomic E-state index is 2.36. The van der Waals surface area contributed by atoms with Crippen LogP contribution in [0, 0.1) is 0 Å². The first kappa shape index (κ1) is 19.6. The molecule has 1 heteroatoms. The second kappa shape index (κ2) is 8.11. The first-order valence-corrected chi connectivity index (χ1v) is 11.6. The van der Waals surface area contributed by atoms with Gasteiger partial charge in [0, 0.05) is 16.5 Å². The lowest BCUT2D eigenvalue weighted by Gasteiger charge is -2.09. The van der Waals surface area contributed by atoms with Gasteiger partial charge in [0.05, 0.1) is 11.0 Å². The molecule has 1 aromatic heterocycles. The van der Waals surface area contributed by atoms with Crippen LogP contribution in [-0.2, 0) is 6.42 Å². The maximum Gasteiger partial charge on any atom is 0.0541 e. The Bertz CT molecular complexity index is 1570. The zero-order valence-corrected chi connectivity index (χ0v) is 18.7. The van der Waals surface area contributed by atoms with Gasteiger partial charge in [-0.05, 0) is 70.6 Å². The van der Waals surface area contributed by atoms with E-state index in [2.05, 4.69) is 133 Å². The Hall–Kier alpha value is -4.10. The fourth-order valence-corrected chi connectivity index (χ4v) is 4.82. The van der Waals surface area contributed by atoms with E-state index in [0.29, 0.717) is 0 Å². The molecule has 6 rings (SSSR count). The molecule has 0 atom stereocenters. The summed E-state index contributed by atoms with van der Waals surface area (Å²) in [5.41, 5.74) is 10.0. The zero-order chi connectivity index (χ0) is 22.2. The lowest BCUT2D eigenvalue weighted by molar-refractivity contribution is 1.14. The summed E-state index contributed by atoms with van der Waals surface area (Å²) < 4.78 is 2.36. The molecule has 0 amide bonds. The SMILES string of the molecule is CCc1ccc(-c2cccc(-c3ccc4c(c3)c3ccccc3n4-c3ccccc3)c2)cc1. The van der Waals surface area contributed by atoms with E-state index >= 15 is 0 Å². The predicted molar refractivity (Wildman–Crippen MR) is 141 cm³/mol. The van der Waals surface area contributed by atoms with E-state index in [9.17, 15) is 0 Å². The third-order valence-corrected chi connectivity index (χ3v) is 6.58. The van der Waals surface area contributed by atoms with E-state index < -0.39 is 0 Å². The molecule has 0 aliphatic carbocycles. The van der Waals surface area contributed by atoms with Crippen molar-refractivity contribution in [3.8, 4) is 27.9 Å². The minimum Gasteiger partial charge on any atom is -0.309 e. The van der Waals surface area contributed by atoms with E-state index in [1.54, 1.807) is 0 Å². The smallest absolute Gasteiger partial charge is 0.0541 e. The molecule has 0 bridgehead atoms. The third-order valence-electron chi connectivity index (χ3n) is 6.58. The Kier molecular flexibility index (Phi) is 4.81. The van der Waals surface area contributed by atoms with E-state index in [1.807, 2.05) is 0 Å². The lowest BCUT2D eigenvalue weighted by atomic mass is 9.97. The van der Waals surface area contributed by atoms with Crippen LogP contribution in [0.1, 0.15) is 12.5 Å². The fraction of sp³-hybridized carbons (Fsp3) is 0.0625. The molecule has 0 fully saturated rings. The van der Waals surface area contributed by atoms with Crippen LogP contribution in [-0.4, -0.2) is 4.57 Å². The molecule has 0 aliphatic rings. The van der Waals surface area contributed by atoms with Gasteiger partial charge in [0.25, 0.3) is 0 Å². The van der Waals surface area contributed by atoms with Gasteiger partial charge in [0.2, 0.25) is 0 Å². The highest BCUT2D eigenvalue weighted by molar-refractivity contribution is 6.10. The fourth-order valence-electron chi connectivity index (χ4n) is 4.82. The number of rotatable bonds is 4. The molecule has 0 N–H and O–H groups in total. The normalized spacial score (nSPS) is 11.3. The van der Waals surface area contributed by atoms with Gasteiger partial charge in [0.15, 0.2) is 0 Å². The minimum atomic E-state index is 1.07. The van der Waals surface area contributed by atoms with Crippen molar-refractivity contribution in [1.82, 2.24) is 4.57 Å². The quantitative estimate of drug-likeness (QED) is 0.267. The van der Waals surface area contributed by atoms with E-state index in [-0.39, 0.29) is 0 Å². The largest absolute Gasteiger partial charge is 0.309 e. The number of aryl methyl sites for hydroxylation is 1. The van der Waals surface area contributed by atoms with Crippen LogP contribution in [0.25, 0.3) is 49.7 Å². The zero-order valence-electron chi connectivity index (χ0n) is 18.7. The summed E-state index contributed by atoms with van der Waals surface area (Å²) in [5, 5.41) is 2.56. The molecular weight excluding hydrogens is 398 g/mol. The highest BCUT2D eigenvalue weighted by atomic mass is 15.0. The van der Waals surface area contributed by atoms with Crippen molar-refractivity contribution in [2.75, 3.05) is 0 Å². The van der Waals surface area contributed by atoms with E-state index in [4.69, 9.17) is 0 Å². The van der Waals surface area contributed by atoms with Crippen molar-refractivity contribution in [3.63, 3.8) is 0 Å². The van der Waals surface area contributed by atoms with Crippen molar-refractivity contribution in [2.24, 2.45) is 0 Å². The molecule has 158 valence electrons. The molecule has 0 saturated heterocycles. The Morgan fingerprint density at radius 1 is 0.485 bits per heavy atom. The van der Waals surface area contributed by atoms with Gasteiger partial charge in [0.1, 0.15) is 0 Å². The Morgan fingerprint density at radius 2 is 1.12 bits per heavy atom. The predicted octanol–water partition coefficient (Wildman–Crippen LogP) is 8.68. The molecule has 33 heavy (non-hydrogen) atoms. The number of aromatic nitrogens is 1. The first-order valence-electron chi connectivity index (χ1n) is 11.6. The van der Waals surface area contributed by atoms with Gasteiger partial charge >= 0.3 is 0 Å². The Morgan fingerprint density at radius 3 is 1.91 bits per heavy atom. The van der Waals surface area contributed by atoms with Crippen LogP contribution in [0.3, 0.4) is 0 Å². The average Bonchev–Trinajstić information content (AvgIpc) is 3.23. The molecule has 1 heterocycles. The van der Waals surface area contributed by atoms with Crippen molar-refractivity contribution in [2.45, 2.75) is 13.3 Å². The third kappa shape index (κ3) is 3.43. The van der Waals surface area contributed by atoms with E-state index in [0.717, 1.165) is 6.42 Å². The molecular formula is C32H25N. The van der Waals surface area contributed by atoms with Crippen LogP contribution in [0.5, 0.6) is 0 Å². The van der Waals surface area contributed by atoms with Gasteiger partial charge in [-0.25, -0.2) is 0 Å². The Labute approximate surface area is 194 Å². The van der Waals surface area contributed by atoms with Crippen molar-refractivity contribution >= 4 is 21.8 Å². The van der Waals surface area contributed by atoms with Gasteiger partial charge in [-0.3, -0.25) is 0 Å². The van der Waals surface area contributed by atoms with Crippen LogP contribution >= 0.6 is 0 Å². The molecule has 1 nitrogen and oxygen atoms in total. The summed E-state index contributed by atoms with van der Waals surface area (Å²) in [7, 11) is 0. The minimum absolute atomic E-state index is 1.07. The topological polar surface area (TPSA) is 4.93 Å². The molecule has 6 aromatic rings. The number of hydrogen-bond acceptors (Lipinski definition) is 0. The molecule has 5 aromatic carbocycles. The number of benzene rings is 5. The van der Waals surface area contributed by atoms with Crippen molar-refractivity contribution < 1.29 is 0 Å². The van der Waals surface area contributed by atoms with Gasteiger partial charge < -0.3 is 4.57 Å². The highest BCUT2D eigenvalue weighted by Gasteiger charge is 2.13. The summed E-state index contributed by atoms with van der Waals surface area (Å²) >= 11 is 0. The molecule has 0 spiro atoms. The maximum atomic E-state index is 2.36. The van der Waals surface area contributed by atoms with Gasteiger partial charge in [-0.2, -0.15) is 0 Å². The number of nitrogens with zero attached hydrogens (tertiary/aromatic N) is 1. The number of para-hydroxylation sites is 2. The number of hydrogen-bond donors (Lipinski definition) is 0. The van der Waals surface area contributed by atoms with Crippen LogP contribution < -0.4 is 0 Å². The summed E-state index contributed by atoms with van der Waals surface area (Å²) in [5.74, 6) is 0. The summed E-state index contributed by atoms with van der Waals surface area (Å²) in [6.45, 7) is 2.19. The second-order valence-electron chi connectivity index (χ2n) is 8.55. The molecule has 0 aliphatic heterocycles. The summed E-state index contributed by atoms with van der Waals surface area (Å²) in [6, 6.07) is 44.0. The second-order valence-corrected chi connectivity index (χ2v) is 8.55. The summed E-state index contributed by atoms with van der Waals surface area (Å²) in [6.07, 6.45) is 1.07. The van der Waals surface area contributed by atoms with Crippen molar-refractivity contribution in [3.05, 3.63) is 127 Å². The van der Waals surface area contributed by atoms with Crippen molar-refractivity contribution in [1.29, 1.82) is 0 Å². The lowest BCUT2D eigenvalue weighted by Crippen LogP contribution is -1.92. The molecule has 0 saturated carbocycles. The molecule has 0 radical (unpaired) electrons. The summed E-state index contributed by atoms with van der Waals surface area (Å²) in [4.78, 5) is 0. The standard InChI is InChI=1S/C32H25N/c1-2-23-15-17-24(18-16-23)25-9-8-10-26(21-25)27-19-20-32-30(22-27)29-13-6-7-14-31(29)33(32)28-11-4-3-5-12-28/h3-22H,2H2,1H3. The highest BCUT2D eigenvalue weighted by Crippen LogP contribution is 2.35. The average molecular weight is 424 g/mol.